The molecule has 0 N–H and O–H groups in total. The summed E-state index contributed by atoms with van der Waals surface area (Å²) in [5, 5.41) is 0.402. The molecule has 0 saturated carbocycles. The Morgan fingerprint density at radius 1 is 1.30 bits per heavy atom. The second-order valence-corrected chi connectivity index (χ2v) is 5.47. The first kappa shape index (κ1) is 15.0. The van der Waals surface area contributed by atoms with Gasteiger partial charge in [0, 0.05) is 21.5 Å². The summed E-state index contributed by atoms with van der Waals surface area (Å²) >= 11 is 9.13. The summed E-state index contributed by atoms with van der Waals surface area (Å²) in [6.07, 6.45) is -0.0574. The maximum atomic E-state index is 13.6. The van der Waals surface area contributed by atoms with Crippen molar-refractivity contribution in [2.24, 2.45) is 0 Å². The fraction of sp³-hybridized carbons (Fsp3) is 0.133. The van der Waals surface area contributed by atoms with Crippen LogP contribution < -0.4 is 4.74 Å². The van der Waals surface area contributed by atoms with Gasteiger partial charge in [0.05, 0.1) is 7.11 Å². The highest BCUT2D eigenvalue weighted by molar-refractivity contribution is 9.10. The van der Waals surface area contributed by atoms with Crippen LogP contribution in [-0.2, 0) is 6.42 Å². The van der Waals surface area contributed by atoms with Gasteiger partial charge in [-0.2, -0.15) is 0 Å². The Kier molecular flexibility index (Phi) is 4.78. The molecule has 0 spiro atoms. The summed E-state index contributed by atoms with van der Waals surface area (Å²) in [6, 6.07) is 9.25. The van der Waals surface area contributed by atoms with Crippen molar-refractivity contribution in [1.82, 2.24) is 0 Å². The van der Waals surface area contributed by atoms with Crippen LogP contribution in [0, 0.1) is 5.82 Å². The zero-order chi connectivity index (χ0) is 14.7. The first-order chi connectivity index (χ1) is 9.51. The standard InChI is InChI=1S/C15H11BrClFO2/c1-20-11-3-4-13(16)12(8-11)15(19)7-9-6-10(17)2-5-14(9)18/h2-6,8H,7H2,1H3. The first-order valence-corrected chi connectivity index (χ1v) is 6.99. The molecule has 2 aromatic carbocycles. The van der Waals surface area contributed by atoms with Crippen molar-refractivity contribution in [2.45, 2.75) is 6.42 Å². The van der Waals surface area contributed by atoms with Crippen LogP contribution in [0.1, 0.15) is 15.9 Å². The number of Topliss-reactive ketones (excluding diaryl/α,β-unsaturated/α-hetero) is 1. The topological polar surface area (TPSA) is 26.3 Å². The number of carbonyl (C=O) groups is 1. The van der Waals surface area contributed by atoms with Crippen LogP contribution in [0.2, 0.25) is 5.02 Å². The zero-order valence-corrected chi connectivity index (χ0v) is 13.0. The number of hydrogen-bond acceptors (Lipinski definition) is 2. The number of ketones is 1. The first-order valence-electron chi connectivity index (χ1n) is 5.82. The van der Waals surface area contributed by atoms with Gasteiger partial charge in [-0.1, -0.05) is 27.5 Å². The van der Waals surface area contributed by atoms with E-state index in [1.807, 2.05) is 0 Å². The number of rotatable bonds is 4. The molecule has 0 aliphatic rings. The molecule has 0 bridgehead atoms. The summed E-state index contributed by atoms with van der Waals surface area (Å²) in [7, 11) is 1.52. The van der Waals surface area contributed by atoms with Gasteiger partial charge in [0.25, 0.3) is 0 Å². The molecular weight excluding hydrogens is 347 g/mol. The fourth-order valence-corrected chi connectivity index (χ4v) is 2.45. The molecule has 2 nitrogen and oxygen atoms in total. The van der Waals surface area contributed by atoms with Crippen molar-refractivity contribution in [3.05, 3.63) is 62.8 Å². The summed E-state index contributed by atoms with van der Waals surface area (Å²) < 4.78 is 19.4. The summed E-state index contributed by atoms with van der Waals surface area (Å²) in [4.78, 5) is 12.3. The van der Waals surface area contributed by atoms with Gasteiger partial charge in [0.1, 0.15) is 11.6 Å². The van der Waals surface area contributed by atoms with Gasteiger partial charge in [-0.25, -0.2) is 4.39 Å². The molecule has 0 heterocycles. The normalized spacial score (nSPS) is 10.4. The Bertz CT molecular complexity index is 658. The minimum absolute atomic E-state index is 0.0574. The number of carbonyl (C=O) groups excluding carboxylic acids is 1. The van der Waals surface area contributed by atoms with Gasteiger partial charge in [0.15, 0.2) is 5.78 Å². The van der Waals surface area contributed by atoms with Crippen LogP contribution in [-0.4, -0.2) is 12.9 Å². The second kappa shape index (κ2) is 6.37. The van der Waals surface area contributed by atoms with Gasteiger partial charge >= 0.3 is 0 Å². The molecule has 0 unspecified atom stereocenters. The lowest BCUT2D eigenvalue weighted by molar-refractivity contribution is 0.0990. The van der Waals surface area contributed by atoms with Gasteiger partial charge in [-0.15, -0.1) is 0 Å². The van der Waals surface area contributed by atoms with E-state index < -0.39 is 5.82 Å². The predicted octanol–water partition coefficient (Wildman–Crippen LogP) is 4.68. The average Bonchev–Trinajstić information content (AvgIpc) is 2.43. The third-order valence-electron chi connectivity index (χ3n) is 2.83. The molecule has 0 fully saturated rings. The van der Waals surface area contributed by atoms with Crippen LogP contribution in [0.15, 0.2) is 40.9 Å². The second-order valence-electron chi connectivity index (χ2n) is 4.18. The number of halogens is 3. The predicted molar refractivity (Wildman–Crippen MR) is 80.1 cm³/mol. The minimum atomic E-state index is -0.443. The summed E-state index contributed by atoms with van der Waals surface area (Å²) in [5.74, 6) is -0.0816. The van der Waals surface area contributed by atoms with Crippen LogP contribution in [0.4, 0.5) is 4.39 Å². The van der Waals surface area contributed by atoms with E-state index in [-0.39, 0.29) is 17.8 Å². The highest BCUT2D eigenvalue weighted by Gasteiger charge is 2.14. The van der Waals surface area contributed by atoms with E-state index in [0.717, 1.165) is 0 Å². The zero-order valence-electron chi connectivity index (χ0n) is 10.6. The molecule has 0 aromatic heterocycles. The number of benzene rings is 2. The molecule has 20 heavy (non-hydrogen) atoms. The van der Waals surface area contributed by atoms with E-state index in [4.69, 9.17) is 16.3 Å². The molecule has 0 atom stereocenters. The lowest BCUT2D eigenvalue weighted by Crippen LogP contribution is -2.06. The molecule has 0 saturated heterocycles. The van der Waals surface area contributed by atoms with Crippen molar-refractivity contribution in [3.63, 3.8) is 0 Å². The van der Waals surface area contributed by atoms with Crippen molar-refractivity contribution in [3.8, 4) is 5.75 Å². The fourth-order valence-electron chi connectivity index (χ4n) is 1.79. The number of hydrogen-bond donors (Lipinski definition) is 0. The van der Waals surface area contributed by atoms with Crippen molar-refractivity contribution in [1.29, 1.82) is 0 Å². The van der Waals surface area contributed by atoms with E-state index in [9.17, 15) is 9.18 Å². The molecule has 2 aromatic rings. The van der Waals surface area contributed by atoms with Crippen LogP contribution in [0.3, 0.4) is 0 Å². The highest BCUT2D eigenvalue weighted by atomic mass is 79.9. The summed E-state index contributed by atoms with van der Waals surface area (Å²) in [6.45, 7) is 0. The van der Waals surface area contributed by atoms with Gasteiger partial charge in [0.2, 0.25) is 0 Å². The molecule has 104 valence electrons. The molecular formula is C15H11BrClFO2. The van der Waals surface area contributed by atoms with Crippen LogP contribution in [0.25, 0.3) is 0 Å². The Morgan fingerprint density at radius 2 is 2.05 bits per heavy atom. The smallest absolute Gasteiger partial charge is 0.168 e. The third kappa shape index (κ3) is 3.38. The van der Waals surface area contributed by atoms with E-state index >= 15 is 0 Å². The number of methoxy groups -OCH3 is 1. The van der Waals surface area contributed by atoms with E-state index in [1.165, 1.54) is 25.3 Å². The molecule has 0 aliphatic heterocycles. The lowest BCUT2D eigenvalue weighted by atomic mass is 10.0. The van der Waals surface area contributed by atoms with E-state index in [2.05, 4.69) is 15.9 Å². The van der Waals surface area contributed by atoms with Gasteiger partial charge in [-0.3, -0.25) is 4.79 Å². The van der Waals surface area contributed by atoms with Crippen molar-refractivity contribution in [2.75, 3.05) is 7.11 Å². The Labute approximate surface area is 129 Å². The van der Waals surface area contributed by atoms with Crippen LogP contribution >= 0.6 is 27.5 Å². The molecule has 0 amide bonds. The Balaban J connectivity index is 2.30. The minimum Gasteiger partial charge on any atom is -0.497 e. The van der Waals surface area contributed by atoms with Crippen LogP contribution in [0.5, 0.6) is 5.75 Å². The monoisotopic (exact) mass is 356 g/mol. The van der Waals surface area contributed by atoms with Crippen molar-refractivity contribution >= 4 is 33.3 Å². The van der Waals surface area contributed by atoms with Gasteiger partial charge < -0.3 is 4.74 Å². The maximum Gasteiger partial charge on any atom is 0.168 e. The van der Waals surface area contributed by atoms with E-state index in [0.29, 0.717) is 20.8 Å². The summed E-state index contributed by atoms with van der Waals surface area (Å²) in [5.41, 5.74) is 0.723. The largest absolute Gasteiger partial charge is 0.497 e. The molecule has 0 radical (unpaired) electrons. The van der Waals surface area contributed by atoms with E-state index in [1.54, 1.807) is 18.2 Å². The molecule has 5 heteroatoms. The quantitative estimate of drug-likeness (QED) is 0.743. The highest BCUT2D eigenvalue weighted by Crippen LogP contribution is 2.25. The average molecular weight is 358 g/mol. The molecule has 2 rings (SSSR count). The van der Waals surface area contributed by atoms with Crippen molar-refractivity contribution < 1.29 is 13.9 Å². The Hall–Kier alpha value is -1.39. The number of ether oxygens (including phenoxy) is 1. The third-order valence-corrected chi connectivity index (χ3v) is 3.76. The Morgan fingerprint density at radius 3 is 2.75 bits per heavy atom. The lowest BCUT2D eigenvalue weighted by Gasteiger charge is -2.07. The SMILES string of the molecule is COc1ccc(Br)c(C(=O)Cc2cc(Cl)ccc2F)c1. The molecule has 0 aliphatic carbocycles. The maximum absolute atomic E-state index is 13.6. The van der Waals surface area contributed by atoms with Gasteiger partial charge in [-0.05, 0) is 42.0 Å².